The van der Waals surface area contributed by atoms with Crippen LogP contribution >= 0.6 is 0 Å². The van der Waals surface area contributed by atoms with Crippen LogP contribution < -0.4 is 16.2 Å². The molecule has 132 valence electrons. The standard InChI is InChI=1S/C18H19F2N3O2/c19-18(20)11-24-10-17(22)23-9-16(12-4-2-1-3-5-12)25-15-7-6-13(21)8-14(15)18/h1-8,16H,9-11,21H2,(H2,22,23). The molecule has 0 saturated heterocycles. The first-order valence-corrected chi connectivity index (χ1v) is 7.82. The zero-order chi connectivity index (χ0) is 17.9. The van der Waals surface area contributed by atoms with Gasteiger partial charge in [-0.15, -0.1) is 0 Å². The fourth-order valence-corrected chi connectivity index (χ4v) is 2.58. The molecule has 0 fully saturated rings. The van der Waals surface area contributed by atoms with Crippen molar-refractivity contribution in [1.82, 2.24) is 0 Å². The molecule has 2 aromatic carbocycles. The normalized spacial score (nSPS) is 20.6. The minimum absolute atomic E-state index is 0.0484. The third-order valence-corrected chi connectivity index (χ3v) is 3.83. The van der Waals surface area contributed by atoms with E-state index in [1.807, 2.05) is 30.3 Å². The van der Waals surface area contributed by atoms with E-state index in [0.29, 0.717) is 0 Å². The molecule has 1 atom stereocenters. The van der Waals surface area contributed by atoms with Crippen LogP contribution in [0, 0.1) is 0 Å². The topological polar surface area (TPSA) is 82.9 Å². The molecule has 4 N–H and O–H groups in total. The number of nitrogens with zero attached hydrogens (tertiary/aromatic N) is 1. The Balaban J connectivity index is 2.05. The van der Waals surface area contributed by atoms with Crippen molar-refractivity contribution in [2.45, 2.75) is 12.0 Å². The zero-order valence-corrected chi connectivity index (χ0v) is 13.5. The van der Waals surface area contributed by atoms with Gasteiger partial charge in [0, 0.05) is 5.69 Å². The summed E-state index contributed by atoms with van der Waals surface area (Å²) in [7, 11) is 0. The summed E-state index contributed by atoms with van der Waals surface area (Å²) in [5, 5.41) is 0. The van der Waals surface area contributed by atoms with Crippen molar-refractivity contribution < 1.29 is 18.3 Å². The monoisotopic (exact) mass is 347 g/mol. The van der Waals surface area contributed by atoms with Crippen molar-refractivity contribution in [3.63, 3.8) is 0 Å². The van der Waals surface area contributed by atoms with Gasteiger partial charge in [0.15, 0.2) is 0 Å². The van der Waals surface area contributed by atoms with Gasteiger partial charge in [-0.25, -0.2) is 0 Å². The summed E-state index contributed by atoms with van der Waals surface area (Å²) in [6, 6.07) is 13.4. The summed E-state index contributed by atoms with van der Waals surface area (Å²) in [5.41, 5.74) is 12.2. The van der Waals surface area contributed by atoms with Crippen LogP contribution in [0.5, 0.6) is 5.75 Å². The molecule has 25 heavy (non-hydrogen) atoms. The van der Waals surface area contributed by atoms with Crippen molar-refractivity contribution >= 4 is 11.5 Å². The Kier molecular flexibility index (Phi) is 4.85. The van der Waals surface area contributed by atoms with Crippen LogP contribution in [0.25, 0.3) is 0 Å². The third-order valence-electron chi connectivity index (χ3n) is 3.83. The van der Waals surface area contributed by atoms with E-state index in [2.05, 4.69) is 4.99 Å². The lowest BCUT2D eigenvalue weighted by Crippen LogP contribution is -2.26. The highest BCUT2D eigenvalue weighted by atomic mass is 19.3. The van der Waals surface area contributed by atoms with Crippen molar-refractivity contribution in [2.24, 2.45) is 10.7 Å². The Labute approximate surface area is 144 Å². The average molecular weight is 347 g/mol. The molecule has 1 unspecified atom stereocenters. The predicted molar refractivity (Wildman–Crippen MR) is 91.9 cm³/mol. The first kappa shape index (κ1) is 17.2. The summed E-state index contributed by atoms with van der Waals surface area (Å²) in [5.74, 6) is -3.07. The molecule has 0 aromatic heterocycles. The number of nitrogen functional groups attached to an aromatic ring is 1. The lowest BCUT2D eigenvalue weighted by atomic mass is 10.1. The van der Waals surface area contributed by atoms with Crippen LogP contribution in [0.3, 0.4) is 0 Å². The van der Waals surface area contributed by atoms with E-state index in [-0.39, 0.29) is 36.0 Å². The van der Waals surface area contributed by atoms with E-state index in [9.17, 15) is 8.78 Å². The maximum absolute atomic E-state index is 14.6. The fourth-order valence-electron chi connectivity index (χ4n) is 2.58. The molecule has 0 radical (unpaired) electrons. The lowest BCUT2D eigenvalue weighted by Gasteiger charge is -2.23. The maximum atomic E-state index is 14.6. The summed E-state index contributed by atoms with van der Waals surface area (Å²) < 4.78 is 40.1. The number of fused-ring (bicyclic) bond motifs is 1. The first-order chi connectivity index (χ1) is 12.0. The number of anilines is 1. The highest BCUT2D eigenvalue weighted by Gasteiger charge is 2.36. The van der Waals surface area contributed by atoms with Crippen LogP contribution in [0.4, 0.5) is 14.5 Å². The van der Waals surface area contributed by atoms with Crippen molar-refractivity contribution in [3.8, 4) is 5.75 Å². The summed E-state index contributed by atoms with van der Waals surface area (Å²) >= 11 is 0. The number of benzene rings is 2. The van der Waals surface area contributed by atoms with E-state index in [4.69, 9.17) is 20.9 Å². The Morgan fingerprint density at radius 1 is 1.08 bits per heavy atom. The largest absolute Gasteiger partial charge is 0.483 e. The Morgan fingerprint density at radius 3 is 2.60 bits per heavy atom. The molecule has 1 aliphatic rings. The number of nitrogens with two attached hydrogens (primary N) is 2. The van der Waals surface area contributed by atoms with Gasteiger partial charge < -0.3 is 20.9 Å². The van der Waals surface area contributed by atoms with E-state index >= 15 is 0 Å². The Hall–Kier alpha value is -2.67. The zero-order valence-electron chi connectivity index (χ0n) is 13.5. The molecule has 0 saturated carbocycles. The number of alkyl halides is 2. The lowest BCUT2D eigenvalue weighted by molar-refractivity contribution is -0.0768. The average Bonchev–Trinajstić information content (AvgIpc) is 2.61. The quantitative estimate of drug-likeness (QED) is 0.777. The minimum Gasteiger partial charge on any atom is -0.483 e. The van der Waals surface area contributed by atoms with Gasteiger partial charge in [0.1, 0.15) is 30.9 Å². The summed E-state index contributed by atoms with van der Waals surface area (Å²) in [6.45, 7) is -0.817. The molecule has 3 rings (SSSR count). The van der Waals surface area contributed by atoms with Crippen LogP contribution in [0.2, 0.25) is 0 Å². The highest BCUT2D eigenvalue weighted by Crippen LogP contribution is 2.38. The number of amidine groups is 1. The molecular weight excluding hydrogens is 328 g/mol. The van der Waals surface area contributed by atoms with Gasteiger partial charge in [0.2, 0.25) is 0 Å². The number of aliphatic imine (C=N–C) groups is 1. The van der Waals surface area contributed by atoms with Gasteiger partial charge in [-0.3, -0.25) is 4.99 Å². The van der Waals surface area contributed by atoms with E-state index in [0.717, 1.165) is 5.56 Å². The SMILES string of the molecule is NC1=NCC(c2ccccc2)Oc2ccc(N)cc2C(F)(F)COC1. The van der Waals surface area contributed by atoms with Crippen molar-refractivity contribution in [2.75, 3.05) is 25.5 Å². The van der Waals surface area contributed by atoms with Crippen molar-refractivity contribution in [3.05, 3.63) is 59.7 Å². The van der Waals surface area contributed by atoms with Gasteiger partial charge in [-0.2, -0.15) is 8.78 Å². The van der Waals surface area contributed by atoms with Gasteiger partial charge >= 0.3 is 0 Å². The van der Waals surface area contributed by atoms with Crippen LogP contribution in [-0.4, -0.2) is 25.6 Å². The van der Waals surface area contributed by atoms with Crippen LogP contribution in [-0.2, 0) is 10.7 Å². The molecule has 0 amide bonds. The Bertz CT molecular complexity index is 766. The fraction of sp³-hybridized carbons (Fsp3) is 0.278. The van der Waals surface area contributed by atoms with Crippen molar-refractivity contribution in [1.29, 1.82) is 0 Å². The number of halogens is 2. The molecule has 7 heteroatoms. The first-order valence-electron chi connectivity index (χ1n) is 7.82. The van der Waals surface area contributed by atoms with Gasteiger partial charge in [0.05, 0.1) is 12.1 Å². The summed E-state index contributed by atoms with van der Waals surface area (Å²) in [4.78, 5) is 4.20. The second-order valence-corrected chi connectivity index (χ2v) is 5.80. The molecular formula is C18H19F2N3O2. The number of hydrogen-bond acceptors (Lipinski definition) is 5. The highest BCUT2D eigenvalue weighted by molar-refractivity contribution is 5.81. The Morgan fingerprint density at radius 2 is 1.84 bits per heavy atom. The van der Waals surface area contributed by atoms with Gasteiger partial charge in [0.25, 0.3) is 5.92 Å². The molecule has 0 aliphatic carbocycles. The second kappa shape index (κ2) is 7.06. The molecule has 2 aromatic rings. The molecule has 1 aliphatic heterocycles. The van der Waals surface area contributed by atoms with Crippen LogP contribution in [0.15, 0.2) is 53.5 Å². The van der Waals surface area contributed by atoms with E-state index in [1.165, 1.54) is 18.2 Å². The van der Waals surface area contributed by atoms with Crippen LogP contribution in [0.1, 0.15) is 17.2 Å². The molecule has 1 heterocycles. The maximum Gasteiger partial charge on any atom is 0.299 e. The minimum atomic E-state index is -3.27. The molecule has 0 spiro atoms. The smallest absolute Gasteiger partial charge is 0.299 e. The summed E-state index contributed by atoms with van der Waals surface area (Å²) in [6.07, 6.45) is -0.559. The van der Waals surface area contributed by atoms with E-state index in [1.54, 1.807) is 0 Å². The number of hydrogen-bond donors (Lipinski definition) is 2. The van der Waals surface area contributed by atoms with Gasteiger partial charge in [-0.1, -0.05) is 30.3 Å². The molecule has 5 nitrogen and oxygen atoms in total. The van der Waals surface area contributed by atoms with Gasteiger partial charge in [-0.05, 0) is 23.8 Å². The second-order valence-electron chi connectivity index (χ2n) is 5.80. The number of ether oxygens (including phenoxy) is 2. The predicted octanol–water partition coefficient (Wildman–Crippen LogP) is 2.87. The molecule has 0 bridgehead atoms. The third kappa shape index (κ3) is 4.06. The van der Waals surface area contributed by atoms with E-state index < -0.39 is 18.6 Å². The number of rotatable bonds is 1.